The summed E-state index contributed by atoms with van der Waals surface area (Å²) in [4.78, 5) is 0. The standard InChI is InChI=1S/C14H8BrClO/c15-12-3-1-9(2-4-12)10-5-11-7-17-8-14(16)13(11)6-10/h1-8H. The second-order valence-electron chi connectivity index (χ2n) is 3.84. The van der Waals surface area contributed by atoms with Gasteiger partial charge in [-0.15, -0.1) is 0 Å². The zero-order chi connectivity index (χ0) is 11.8. The van der Waals surface area contributed by atoms with E-state index < -0.39 is 0 Å². The van der Waals surface area contributed by atoms with Crippen LogP contribution >= 0.6 is 27.5 Å². The van der Waals surface area contributed by atoms with Crippen LogP contribution in [0.5, 0.6) is 0 Å². The lowest BCUT2D eigenvalue weighted by Crippen LogP contribution is -1.72. The largest absolute Gasteiger partial charge is 0.470 e. The SMILES string of the molecule is Clc1cocc2cc(-c3ccc(Br)cc3)cc1-2. The molecule has 1 aliphatic heterocycles. The molecule has 0 N–H and O–H groups in total. The summed E-state index contributed by atoms with van der Waals surface area (Å²) in [7, 11) is 0. The van der Waals surface area contributed by atoms with E-state index in [0.717, 1.165) is 21.2 Å². The van der Waals surface area contributed by atoms with Crippen molar-refractivity contribution in [2.45, 2.75) is 0 Å². The first-order valence-corrected chi connectivity index (χ1v) is 6.32. The monoisotopic (exact) mass is 306 g/mol. The fourth-order valence-electron chi connectivity index (χ4n) is 1.87. The van der Waals surface area contributed by atoms with Gasteiger partial charge in [0.2, 0.25) is 0 Å². The van der Waals surface area contributed by atoms with Crippen LogP contribution in [0, 0.1) is 0 Å². The van der Waals surface area contributed by atoms with Gasteiger partial charge in [0.1, 0.15) is 6.26 Å². The fourth-order valence-corrected chi connectivity index (χ4v) is 2.35. The van der Waals surface area contributed by atoms with Crippen molar-refractivity contribution in [1.29, 1.82) is 0 Å². The Morgan fingerprint density at radius 1 is 0.882 bits per heavy atom. The first-order valence-electron chi connectivity index (χ1n) is 5.15. The van der Waals surface area contributed by atoms with Crippen molar-refractivity contribution < 1.29 is 4.42 Å². The molecule has 0 saturated carbocycles. The fraction of sp³-hybridized carbons (Fsp3) is 0. The Balaban J connectivity index is 2.16. The maximum Gasteiger partial charge on any atom is 0.109 e. The second kappa shape index (κ2) is 4.21. The number of benzene rings is 1. The van der Waals surface area contributed by atoms with E-state index in [2.05, 4.69) is 40.2 Å². The van der Waals surface area contributed by atoms with Gasteiger partial charge < -0.3 is 4.42 Å². The highest BCUT2D eigenvalue weighted by Gasteiger charge is 2.12. The van der Waals surface area contributed by atoms with Crippen LogP contribution in [0.25, 0.3) is 22.3 Å². The minimum Gasteiger partial charge on any atom is -0.470 e. The number of hydrogen-bond acceptors (Lipinski definition) is 1. The Kier molecular flexibility index (Phi) is 2.69. The summed E-state index contributed by atoms with van der Waals surface area (Å²) >= 11 is 9.51. The molecule has 1 heterocycles. The third-order valence-electron chi connectivity index (χ3n) is 2.72. The molecule has 1 aliphatic carbocycles. The Labute approximate surface area is 112 Å². The molecule has 3 rings (SSSR count). The van der Waals surface area contributed by atoms with Crippen molar-refractivity contribution in [1.82, 2.24) is 0 Å². The molecule has 84 valence electrons. The molecule has 2 aliphatic rings. The lowest BCUT2D eigenvalue weighted by Gasteiger charge is -1.97. The lowest BCUT2D eigenvalue weighted by atomic mass is 10.1. The topological polar surface area (TPSA) is 13.1 Å². The zero-order valence-corrected chi connectivity index (χ0v) is 11.1. The maximum absolute atomic E-state index is 6.08. The average Bonchev–Trinajstić information content (AvgIpc) is 2.75. The van der Waals surface area contributed by atoms with Gasteiger partial charge >= 0.3 is 0 Å². The highest BCUT2D eigenvalue weighted by atomic mass is 79.9. The van der Waals surface area contributed by atoms with E-state index in [9.17, 15) is 0 Å². The molecule has 1 nitrogen and oxygen atoms in total. The molecule has 0 radical (unpaired) electrons. The van der Waals surface area contributed by atoms with E-state index in [1.54, 1.807) is 12.5 Å². The second-order valence-corrected chi connectivity index (χ2v) is 5.16. The van der Waals surface area contributed by atoms with Crippen LogP contribution in [-0.4, -0.2) is 0 Å². The molecule has 0 unspecified atom stereocenters. The summed E-state index contributed by atoms with van der Waals surface area (Å²) in [6.45, 7) is 0. The number of fused-ring (bicyclic) bond motifs is 1. The van der Waals surface area contributed by atoms with Gasteiger partial charge in [-0.1, -0.05) is 39.7 Å². The van der Waals surface area contributed by atoms with Gasteiger partial charge in [0.15, 0.2) is 0 Å². The van der Waals surface area contributed by atoms with Crippen LogP contribution in [0.1, 0.15) is 0 Å². The molecule has 0 bridgehead atoms. The molecule has 0 amide bonds. The van der Waals surface area contributed by atoms with Gasteiger partial charge in [-0.05, 0) is 35.4 Å². The zero-order valence-electron chi connectivity index (χ0n) is 8.78. The molecule has 1 aromatic rings. The minimum atomic E-state index is 0.644. The predicted octanol–water partition coefficient (Wildman–Crippen LogP) is 5.47. The van der Waals surface area contributed by atoms with Crippen LogP contribution < -0.4 is 0 Å². The van der Waals surface area contributed by atoms with Gasteiger partial charge in [-0.3, -0.25) is 0 Å². The molecule has 0 spiro atoms. The van der Waals surface area contributed by atoms with Crippen LogP contribution in [0.3, 0.4) is 0 Å². The van der Waals surface area contributed by atoms with E-state index in [1.165, 1.54) is 5.56 Å². The Bertz CT molecular complexity index is 627. The molecular formula is C14H8BrClO. The predicted molar refractivity (Wildman–Crippen MR) is 73.5 cm³/mol. The Morgan fingerprint density at radius 3 is 2.35 bits per heavy atom. The summed E-state index contributed by atoms with van der Waals surface area (Å²) < 4.78 is 6.22. The lowest BCUT2D eigenvalue weighted by molar-refractivity contribution is 0.552. The van der Waals surface area contributed by atoms with Gasteiger partial charge in [-0.2, -0.15) is 0 Å². The Hall–Kier alpha value is -1.25. The van der Waals surface area contributed by atoms with E-state index in [0.29, 0.717) is 5.02 Å². The van der Waals surface area contributed by atoms with Crippen LogP contribution in [-0.2, 0) is 0 Å². The average molecular weight is 308 g/mol. The summed E-state index contributed by atoms with van der Waals surface area (Å²) in [6.07, 6.45) is 3.26. The summed E-state index contributed by atoms with van der Waals surface area (Å²) in [5.41, 5.74) is 4.36. The van der Waals surface area contributed by atoms with E-state index in [-0.39, 0.29) is 0 Å². The third kappa shape index (κ3) is 1.99. The van der Waals surface area contributed by atoms with Crippen molar-refractivity contribution in [3.63, 3.8) is 0 Å². The minimum absolute atomic E-state index is 0.644. The smallest absolute Gasteiger partial charge is 0.109 e. The molecule has 0 fully saturated rings. The van der Waals surface area contributed by atoms with Crippen molar-refractivity contribution in [2.75, 3.05) is 0 Å². The molecular weight excluding hydrogens is 300 g/mol. The first-order chi connectivity index (χ1) is 8.24. The molecule has 0 saturated heterocycles. The quantitative estimate of drug-likeness (QED) is 0.581. The summed E-state index contributed by atoms with van der Waals surface area (Å²) in [5, 5.41) is 0.644. The molecule has 17 heavy (non-hydrogen) atoms. The maximum atomic E-state index is 6.08. The van der Waals surface area contributed by atoms with Gasteiger partial charge in [0.25, 0.3) is 0 Å². The number of hydrogen-bond donors (Lipinski definition) is 0. The molecule has 0 atom stereocenters. The van der Waals surface area contributed by atoms with Crippen LogP contribution in [0.15, 0.2) is 57.8 Å². The van der Waals surface area contributed by atoms with Crippen molar-refractivity contribution in [3.05, 3.63) is 58.4 Å². The molecule has 0 aromatic heterocycles. The van der Waals surface area contributed by atoms with E-state index in [4.69, 9.17) is 16.0 Å². The van der Waals surface area contributed by atoms with Crippen LogP contribution in [0.2, 0.25) is 5.02 Å². The van der Waals surface area contributed by atoms with Crippen molar-refractivity contribution in [3.8, 4) is 22.3 Å². The molecule has 3 heteroatoms. The third-order valence-corrected chi connectivity index (χ3v) is 3.54. The highest BCUT2D eigenvalue weighted by Crippen LogP contribution is 2.36. The normalized spacial score (nSPS) is 10.9. The first kappa shape index (κ1) is 10.9. The van der Waals surface area contributed by atoms with E-state index in [1.807, 2.05) is 12.1 Å². The van der Waals surface area contributed by atoms with Gasteiger partial charge in [0.05, 0.1) is 11.3 Å². The van der Waals surface area contributed by atoms with Crippen LogP contribution in [0.4, 0.5) is 0 Å². The Morgan fingerprint density at radius 2 is 1.65 bits per heavy atom. The van der Waals surface area contributed by atoms with E-state index >= 15 is 0 Å². The highest BCUT2D eigenvalue weighted by molar-refractivity contribution is 9.10. The number of rotatable bonds is 1. The van der Waals surface area contributed by atoms with Gasteiger partial charge in [0, 0.05) is 15.6 Å². The molecule has 1 aromatic carbocycles. The summed E-state index contributed by atoms with van der Waals surface area (Å²) in [6, 6.07) is 12.4. The van der Waals surface area contributed by atoms with Crippen molar-refractivity contribution in [2.24, 2.45) is 0 Å². The summed E-state index contributed by atoms with van der Waals surface area (Å²) in [5.74, 6) is 0. The van der Waals surface area contributed by atoms with Gasteiger partial charge in [-0.25, -0.2) is 0 Å². The number of halogens is 2. The van der Waals surface area contributed by atoms with Crippen molar-refractivity contribution >= 4 is 27.5 Å².